The number of aromatic nitrogens is 1. The lowest BCUT2D eigenvalue weighted by Gasteiger charge is -2.10. The summed E-state index contributed by atoms with van der Waals surface area (Å²) in [5.74, 6) is 1.08. The van der Waals surface area contributed by atoms with Crippen molar-refractivity contribution in [1.29, 1.82) is 0 Å². The number of hydrogen-bond acceptors (Lipinski definition) is 3. The van der Waals surface area contributed by atoms with E-state index in [1.807, 2.05) is 43.4 Å². The van der Waals surface area contributed by atoms with Crippen molar-refractivity contribution in [2.45, 2.75) is 6.54 Å². The average Bonchev–Trinajstić information content (AvgIpc) is 2.39. The van der Waals surface area contributed by atoms with E-state index >= 15 is 0 Å². The molecule has 20 heavy (non-hydrogen) atoms. The highest BCUT2D eigenvalue weighted by Crippen LogP contribution is 2.12. The summed E-state index contributed by atoms with van der Waals surface area (Å²) in [4.78, 5) is 12.3. The molecule has 0 radical (unpaired) electrons. The molecule has 0 bridgehead atoms. The zero-order chi connectivity index (χ0) is 13.8. The number of pyridine rings is 1. The number of halogens is 1. The highest BCUT2D eigenvalue weighted by Gasteiger charge is 2.11. The van der Waals surface area contributed by atoms with Gasteiger partial charge in [-0.25, -0.2) is 4.57 Å². The first-order chi connectivity index (χ1) is 9.08. The third kappa shape index (κ3) is 3.68. The minimum absolute atomic E-state index is 0. The van der Waals surface area contributed by atoms with Gasteiger partial charge in [-0.15, -0.1) is 0 Å². The van der Waals surface area contributed by atoms with Crippen LogP contribution >= 0.6 is 0 Å². The molecule has 0 aliphatic heterocycles. The molecule has 0 saturated carbocycles. The van der Waals surface area contributed by atoms with Gasteiger partial charge in [-0.2, -0.15) is 0 Å². The van der Waals surface area contributed by atoms with Crippen molar-refractivity contribution in [3.63, 3.8) is 0 Å². The molecule has 2 rings (SSSR count). The number of rotatable bonds is 4. The molecule has 0 aliphatic carbocycles. The zero-order valence-electron chi connectivity index (χ0n) is 11.4. The van der Waals surface area contributed by atoms with Gasteiger partial charge < -0.3 is 12.4 Å². The quantitative estimate of drug-likeness (QED) is 0.413. The van der Waals surface area contributed by atoms with E-state index in [1.54, 1.807) is 12.1 Å². The standard InChI is InChI=1S/C14H16N3O2.ClH/c1-15(2)14-5-3-4-10-16(14)11-12-6-8-13(9-7-12)17(18)19;/h3-10H,11H2,1-2H3;1H/q+1;/p-1. The third-order valence-corrected chi connectivity index (χ3v) is 2.87. The molecule has 0 aliphatic rings. The van der Waals surface area contributed by atoms with Gasteiger partial charge in [-0.1, -0.05) is 6.07 Å². The predicted molar refractivity (Wildman–Crippen MR) is 73.2 cm³/mol. The van der Waals surface area contributed by atoms with Gasteiger partial charge in [0.05, 0.1) is 25.2 Å². The number of non-ortho nitro benzene ring substituents is 1. The Labute approximate surface area is 124 Å². The van der Waals surface area contributed by atoms with Crippen molar-refractivity contribution < 1.29 is 21.9 Å². The van der Waals surface area contributed by atoms with Gasteiger partial charge in [-0.3, -0.25) is 15.0 Å². The second-order valence-corrected chi connectivity index (χ2v) is 4.50. The molecule has 0 unspecified atom stereocenters. The van der Waals surface area contributed by atoms with Crippen molar-refractivity contribution in [3.05, 3.63) is 64.3 Å². The van der Waals surface area contributed by atoms with Crippen LogP contribution in [0, 0.1) is 10.1 Å². The van der Waals surface area contributed by atoms with Gasteiger partial charge >= 0.3 is 0 Å². The smallest absolute Gasteiger partial charge is 0.276 e. The summed E-state index contributed by atoms with van der Waals surface area (Å²) in [6.07, 6.45) is 2.00. The molecule has 0 fully saturated rings. The van der Waals surface area contributed by atoms with Crippen LogP contribution in [0.25, 0.3) is 0 Å². The summed E-state index contributed by atoms with van der Waals surface area (Å²) in [6, 6.07) is 12.6. The maximum absolute atomic E-state index is 10.6. The molecule has 1 aromatic carbocycles. The van der Waals surface area contributed by atoms with Crippen LogP contribution in [-0.4, -0.2) is 19.0 Å². The molecular formula is C14H16ClN3O2. The van der Waals surface area contributed by atoms with Crippen LogP contribution in [0.5, 0.6) is 0 Å². The first-order valence-electron chi connectivity index (χ1n) is 5.97. The number of hydrogen-bond donors (Lipinski definition) is 0. The summed E-state index contributed by atoms with van der Waals surface area (Å²) in [5.41, 5.74) is 1.15. The summed E-state index contributed by atoms with van der Waals surface area (Å²) in [7, 11) is 3.98. The van der Waals surface area contributed by atoms with E-state index in [1.165, 1.54) is 12.1 Å². The molecule has 0 amide bonds. The SMILES string of the molecule is CN(C)c1cccc[n+]1Cc1ccc([N+](=O)[O-])cc1.[Cl-]. The fraction of sp³-hybridized carbons (Fsp3) is 0.214. The van der Waals surface area contributed by atoms with Crippen LogP contribution in [-0.2, 0) is 6.54 Å². The highest BCUT2D eigenvalue weighted by atomic mass is 35.5. The fourth-order valence-corrected chi connectivity index (χ4v) is 1.93. The van der Waals surface area contributed by atoms with E-state index in [4.69, 9.17) is 0 Å². The van der Waals surface area contributed by atoms with Crippen LogP contribution in [0.15, 0.2) is 48.7 Å². The van der Waals surface area contributed by atoms with E-state index in [0.29, 0.717) is 6.54 Å². The van der Waals surface area contributed by atoms with Crippen molar-refractivity contribution in [1.82, 2.24) is 0 Å². The van der Waals surface area contributed by atoms with Crippen molar-refractivity contribution in [2.75, 3.05) is 19.0 Å². The highest BCUT2D eigenvalue weighted by molar-refractivity contribution is 5.33. The molecule has 0 N–H and O–H groups in total. The Morgan fingerprint density at radius 2 is 1.80 bits per heavy atom. The first-order valence-corrected chi connectivity index (χ1v) is 5.97. The topological polar surface area (TPSA) is 50.3 Å². The van der Waals surface area contributed by atoms with E-state index in [9.17, 15) is 10.1 Å². The van der Waals surface area contributed by atoms with Gasteiger partial charge in [0.2, 0.25) is 0 Å². The van der Waals surface area contributed by atoms with Crippen LogP contribution in [0.3, 0.4) is 0 Å². The largest absolute Gasteiger partial charge is 1.00 e. The number of nitro groups is 1. The van der Waals surface area contributed by atoms with E-state index in [0.717, 1.165) is 11.4 Å². The van der Waals surface area contributed by atoms with Gasteiger partial charge in [0.25, 0.3) is 11.5 Å². The molecule has 6 heteroatoms. The second-order valence-electron chi connectivity index (χ2n) is 4.50. The maximum Gasteiger partial charge on any atom is 0.276 e. The molecule has 0 spiro atoms. The molecule has 2 aromatic rings. The van der Waals surface area contributed by atoms with Crippen LogP contribution < -0.4 is 21.9 Å². The Balaban J connectivity index is 0.00000200. The van der Waals surface area contributed by atoms with Gasteiger partial charge in [0.15, 0.2) is 0 Å². The van der Waals surface area contributed by atoms with E-state index in [2.05, 4.69) is 4.57 Å². The summed E-state index contributed by atoms with van der Waals surface area (Å²) < 4.78 is 2.10. The number of nitrogens with zero attached hydrogens (tertiary/aromatic N) is 3. The van der Waals surface area contributed by atoms with Crippen LogP contribution in [0.4, 0.5) is 11.5 Å². The fourth-order valence-electron chi connectivity index (χ4n) is 1.93. The number of nitro benzene ring substituents is 1. The van der Waals surface area contributed by atoms with Crippen LogP contribution in [0.1, 0.15) is 5.56 Å². The lowest BCUT2D eigenvalue weighted by Crippen LogP contribution is -3.00. The van der Waals surface area contributed by atoms with Gasteiger partial charge in [0.1, 0.15) is 6.54 Å². The Kier molecular flexibility index (Phi) is 5.46. The monoisotopic (exact) mass is 293 g/mol. The molecule has 1 heterocycles. The normalized spacial score (nSPS) is 9.70. The van der Waals surface area contributed by atoms with Gasteiger partial charge in [-0.05, 0) is 23.8 Å². The third-order valence-electron chi connectivity index (χ3n) is 2.87. The molecule has 0 atom stereocenters. The molecular weight excluding hydrogens is 278 g/mol. The Morgan fingerprint density at radius 3 is 2.35 bits per heavy atom. The minimum atomic E-state index is -0.384. The molecule has 0 saturated heterocycles. The maximum atomic E-state index is 10.6. The molecule has 5 nitrogen and oxygen atoms in total. The Morgan fingerprint density at radius 1 is 1.15 bits per heavy atom. The van der Waals surface area contributed by atoms with Gasteiger partial charge in [0, 0.05) is 18.2 Å². The lowest BCUT2D eigenvalue weighted by molar-refractivity contribution is -0.675. The zero-order valence-corrected chi connectivity index (χ0v) is 12.1. The Hall–Kier alpha value is -2.14. The first kappa shape index (κ1) is 15.9. The Bertz CT molecular complexity index is 585. The summed E-state index contributed by atoms with van der Waals surface area (Å²) in [5, 5.41) is 10.6. The van der Waals surface area contributed by atoms with Crippen molar-refractivity contribution in [2.24, 2.45) is 0 Å². The number of benzene rings is 1. The molecule has 1 aromatic heterocycles. The average molecular weight is 294 g/mol. The van der Waals surface area contributed by atoms with E-state index < -0.39 is 0 Å². The predicted octanol–water partition coefficient (Wildman–Crippen LogP) is -0.999. The van der Waals surface area contributed by atoms with Crippen molar-refractivity contribution >= 4 is 11.5 Å². The number of anilines is 1. The second kappa shape index (κ2) is 6.86. The minimum Gasteiger partial charge on any atom is -1.00 e. The molecule has 106 valence electrons. The van der Waals surface area contributed by atoms with E-state index in [-0.39, 0.29) is 23.0 Å². The lowest BCUT2D eigenvalue weighted by atomic mass is 10.2. The van der Waals surface area contributed by atoms with Crippen LogP contribution in [0.2, 0.25) is 0 Å². The van der Waals surface area contributed by atoms with Crippen molar-refractivity contribution in [3.8, 4) is 0 Å². The summed E-state index contributed by atoms with van der Waals surface area (Å²) >= 11 is 0. The summed E-state index contributed by atoms with van der Waals surface area (Å²) in [6.45, 7) is 0.687.